The van der Waals surface area contributed by atoms with Crippen molar-refractivity contribution < 1.29 is 4.79 Å². The molecule has 6 nitrogen and oxygen atoms in total. The van der Waals surface area contributed by atoms with Crippen molar-refractivity contribution in [3.8, 4) is 5.82 Å². The van der Waals surface area contributed by atoms with Gasteiger partial charge in [0.25, 0.3) is 5.91 Å². The predicted molar refractivity (Wildman–Crippen MR) is 98.4 cm³/mol. The van der Waals surface area contributed by atoms with Crippen molar-refractivity contribution in [2.24, 2.45) is 0 Å². The number of rotatable bonds is 6. The van der Waals surface area contributed by atoms with E-state index in [1.54, 1.807) is 24.3 Å². The van der Waals surface area contributed by atoms with E-state index in [4.69, 9.17) is 11.6 Å². The van der Waals surface area contributed by atoms with Gasteiger partial charge in [0.1, 0.15) is 17.5 Å². The van der Waals surface area contributed by atoms with Gasteiger partial charge in [0.05, 0.1) is 0 Å². The van der Waals surface area contributed by atoms with Gasteiger partial charge in [-0.05, 0) is 37.3 Å². The van der Waals surface area contributed by atoms with Crippen molar-refractivity contribution >= 4 is 23.3 Å². The highest BCUT2D eigenvalue weighted by molar-refractivity contribution is 6.30. The smallest absolute Gasteiger partial charge is 0.251 e. The van der Waals surface area contributed by atoms with Crippen molar-refractivity contribution in [3.05, 3.63) is 71.3 Å². The summed E-state index contributed by atoms with van der Waals surface area (Å²) in [6.45, 7) is 2.86. The van der Waals surface area contributed by atoms with E-state index in [1.165, 1.54) is 0 Å². The molecular formula is C18H18ClN5O. The zero-order valence-corrected chi connectivity index (χ0v) is 14.5. The van der Waals surface area contributed by atoms with Crippen molar-refractivity contribution in [3.63, 3.8) is 0 Å². The molecule has 128 valence electrons. The lowest BCUT2D eigenvalue weighted by molar-refractivity contribution is 0.0955. The number of nitrogens with zero attached hydrogens (tertiary/aromatic N) is 3. The number of carbonyl (C=O) groups excluding carboxylic acids is 1. The van der Waals surface area contributed by atoms with E-state index < -0.39 is 0 Å². The molecule has 2 aromatic heterocycles. The molecule has 0 saturated heterocycles. The van der Waals surface area contributed by atoms with Gasteiger partial charge in [-0.15, -0.1) is 0 Å². The van der Waals surface area contributed by atoms with Crippen LogP contribution in [-0.2, 0) is 0 Å². The summed E-state index contributed by atoms with van der Waals surface area (Å²) >= 11 is 5.89. The van der Waals surface area contributed by atoms with E-state index in [1.807, 2.05) is 42.1 Å². The molecule has 2 N–H and O–H groups in total. The van der Waals surface area contributed by atoms with E-state index >= 15 is 0 Å². The van der Waals surface area contributed by atoms with Crippen LogP contribution in [0.5, 0.6) is 0 Å². The number of aryl methyl sites for hydroxylation is 1. The standard InChI is InChI=1S/C18H18ClN5O/c1-13-22-16(12-17(23-13)24-9-2-3-10-24)20-7-8-21-18(25)14-5-4-6-15(19)11-14/h2-6,9-12H,7-8H2,1H3,(H,21,25)(H,20,22,23). The molecule has 0 fully saturated rings. The molecule has 1 amide bonds. The van der Waals surface area contributed by atoms with E-state index in [0.717, 1.165) is 5.82 Å². The lowest BCUT2D eigenvalue weighted by Gasteiger charge is -2.10. The summed E-state index contributed by atoms with van der Waals surface area (Å²) in [5.74, 6) is 2.03. The van der Waals surface area contributed by atoms with Gasteiger partial charge in [-0.2, -0.15) is 0 Å². The van der Waals surface area contributed by atoms with Gasteiger partial charge in [-0.1, -0.05) is 17.7 Å². The molecule has 0 spiro atoms. The Hall–Kier alpha value is -2.86. The summed E-state index contributed by atoms with van der Waals surface area (Å²) in [7, 11) is 0. The average Bonchev–Trinajstić information content (AvgIpc) is 3.13. The van der Waals surface area contributed by atoms with Gasteiger partial charge in [-0.25, -0.2) is 9.97 Å². The third-order valence-electron chi connectivity index (χ3n) is 3.50. The van der Waals surface area contributed by atoms with Gasteiger partial charge in [0.2, 0.25) is 0 Å². The molecule has 0 bridgehead atoms. The highest BCUT2D eigenvalue weighted by atomic mass is 35.5. The molecule has 2 heterocycles. The van der Waals surface area contributed by atoms with Crippen molar-refractivity contribution in [2.45, 2.75) is 6.92 Å². The summed E-state index contributed by atoms with van der Waals surface area (Å²) in [6.07, 6.45) is 3.85. The van der Waals surface area contributed by atoms with Crippen LogP contribution in [-0.4, -0.2) is 33.5 Å². The quantitative estimate of drug-likeness (QED) is 0.666. The first-order valence-corrected chi connectivity index (χ1v) is 8.26. The SMILES string of the molecule is Cc1nc(NCCNC(=O)c2cccc(Cl)c2)cc(-n2cccc2)n1. The van der Waals surface area contributed by atoms with Crippen LogP contribution >= 0.6 is 11.6 Å². The molecule has 0 aliphatic carbocycles. The van der Waals surface area contributed by atoms with Crippen LogP contribution in [0.25, 0.3) is 5.82 Å². The number of amides is 1. The molecule has 3 aromatic rings. The average molecular weight is 356 g/mol. The summed E-state index contributed by atoms with van der Waals surface area (Å²) in [6, 6.07) is 12.6. The third-order valence-corrected chi connectivity index (χ3v) is 3.73. The molecule has 0 aliphatic rings. The normalized spacial score (nSPS) is 10.5. The van der Waals surface area contributed by atoms with Crippen LogP contribution in [0.1, 0.15) is 16.2 Å². The van der Waals surface area contributed by atoms with E-state index in [9.17, 15) is 4.79 Å². The van der Waals surface area contributed by atoms with Crippen LogP contribution in [0, 0.1) is 6.92 Å². The van der Waals surface area contributed by atoms with Gasteiger partial charge < -0.3 is 15.2 Å². The van der Waals surface area contributed by atoms with E-state index in [0.29, 0.717) is 35.3 Å². The van der Waals surface area contributed by atoms with Crippen molar-refractivity contribution in [1.29, 1.82) is 0 Å². The predicted octanol–water partition coefficient (Wildman–Crippen LogP) is 3.07. The second-order valence-corrected chi connectivity index (χ2v) is 5.88. The first kappa shape index (κ1) is 17.0. The maximum atomic E-state index is 12.0. The number of anilines is 1. The zero-order valence-electron chi connectivity index (χ0n) is 13.7. The van der Waals surface area contributed by atoms with Crippen LogP contribution in [0.15, 0.2) is 54.9 Å². The first-order chi connectivity index (χ1) is 12.1. The minimum absolute atomic E-state index is 0.156. The van der Waals surface area contributed by atoms with Gasteiger partial charge in [0, 0.05) is 42.1 Å². The number of hydrogen-bond donors (Lipinski definition) is 2. The summed E-state index contributed by atoms with van der Waals surface area (Å²) in [5, 5.41) is 6.59. The summed E-state index contributed by atoms with van der Waals surface area (Å²) in [4.78, 5) is 20.8. The number of carbonyl (C=O) groups is 1. The minimum Gasteiger partial charge on any atom is -0.368 e. The third kappa shape index (κ3) is 4.58. The van der Waals surface area contributed by atoms with Gasteiger partial charge >= 0.3 is 0 Å². The van der Waals surface area contributed by atoms with Crippen molar-refractivity contribution in [2.75, 3.05) is 18.4 Å². The molecule has 0 saturated carbocycles. The maximum absolute atomic E-state index is 12.0. The fraction of sp³-hybridized carbons (Fsp3) is 0.167. The summed E-state index contributed by atoms with van der Waals surface area (Å²) in [5.41, 5.74) is 0.542. The topological polar surface area (TPSA) is 71.8 Å². The van der Waals surface area contributed by atoms with Crippen LogP contribution in [0.4, 0.5) is 5.82 Å². The Morgan fingerprint density at radius 2 is 1.92 bits per heavy atom. The Bertz CT molecular complexity index is 864. The number of aromatic nitrogens is 3. The first-order valence-electron chi connectivity index (χ1n) is 7.88. The maximum Gasteiger partial charge on any atom is 0.251 e. The molecule has 0 unspecified atom stereocenters. The number of hydrogen-bond acceptors (Lipinski definition) is 4. The minimum atomic E-state index is -0.156. The van der Waals surface area contributed by atoms with Gasteiger partial charge in [-0.3, -0.25) is 4.79 Å². The molecule has 0 radical (unpaired) electrons. The Labute approximate surface area is 150 Å². The molecule has 3 rings (SSSR count). The number of halogens is 1. The monoisotopic (exact) mass is 355 g/mol. The number of benzene rings is 1. The second kappa shape index (κ2) is 7.81. The van der Waals surface area contributed by atoms with Crippen molar-refractivity contribution in [1.82, 2.24) is 19.9 Å². The Morgan fingerprint density at radius 1 is 1.12 bits per heavy atom. The van der Waals surface area contributed by atoms with Crippen LogP contribution in [0.3, 0.4) is 0 Å². The largest absolute Gasteiger partial charge is 0.368 e. The molecular weight excluding hydrogens is 338 g/mol. The molecule has 25 heavy (non-hydrogen) atoms. The second-order valence-electron chi connectivity index (χ2n) is 5.44. The Morgan fingerprint density at radius 3 is 2.68 bits per heavy atom. The fourth-order valence-corrected chi connectivity index (χ4v) is 2.55. The lowest BCUT2D eigenvalue weighted by Crippen LogP contribution is -2.28. The Kier molecular flexibility index (Phi) is 5.30. The molecule has 7 heteroatoms. The number of nitrogens with one attached hydrogen (secondary N) is 2. The zero-order chi connectivity index (χ0) is 17.6. The summed E-state index contributed by atoms with van der Waals surface area (Å²) < 4.78 is 1.92. The van der Waals surface area contributed by atoms with Crippen LogP contribution in [0.2, 0.25) is 5.02 Å². The molecule has 1 aromatic carbocycles. The molecule has 0 atom stereocenters. The van der Waals surface area contributed by atoms with E-state index in [-0.39, 0.29) is 5.91 Å². The van der Waals surface area contributed by atoms with Gasteiger partial charge in [0.15, 0.2) is 0 Å². The lowest BCUT2D eigenvalue weighted by atomic mass is 10.2. The van der Waals surface area contributed by atoms with E-state index in [2.05, 4.69) is 20.6 Å². The Balaban J connectivity index is 1.55. The highest BCUT2D eigenvalue weighted by Crippen LogP contribution is 2.12. The molecule has 0 aliphatic heterocycles. The van der Waals surface area contributed by atoms with Crippen LogP contribution < -0.4 is 10.6 Å². The highest BCUT2D eigenvalue weighted by Gasteiger charge is 2.06. The fourth-order valence-electron chi connectivity index (χ4n) is 2.36.